The summed E-state index contributed by atoms with van der Waals surface area (Å²) in [5.41, 5.74) is 3.58. The van der Waals surface area contributed by atoms with E-state index in [1.165, 1.54) is 23.8 Å². The van der Waals surface area contributed by atoms with Crippen molar-refractivity contribution in [2.24, 2.45) is 0 Å². The Hall–Kier alpha value is -2.62. The minimum atomic E-state index is -0.230. The SMILES string of the molecule is Cc1ccc(C(=O)N2C=C3C[C@@H]2C[C@@H]3c2ccc(F)cc2)cc1O. The van der Waals surface area contributed by atoms with E-state index >= 15 is 0 Å². The van der Waals surface area contributed by atoms with Crippen molar-refractivity contribution in [2.75, 3.05) is 0 Å². The highest BCUT2D eigenvalue weighted by Gasteiger charge is 2.41. The molecule has 2 aromatic rings. The number of nitrogens with zero attached hydrogens (tertiary/aromatic N) is 1. The van der Waals surface area contributed by atoms with Gasteiger partial charge < -0.3 is 10.0 Å². The summed E-state index contributed by atoms with van der Waals surface area (Å²) in [4.78, 5) is 14.5. The van der Waals surface area contributed by atoms with Crippen molar-refractivity contribution >= 4 is 5.91 Å². The molecule has 1 saturated carbocycles. The lowest BCUT2D eigenvalue weighted by molar-refractivity contribution is 0.0778. The highest BCUT2D eigenvalue weighted by atomic mass is 19.1. The van der Waals surface area contributed by atoms with E-state index in [0.717, 1.165) is 24.0 Å². The molecule has 24 heavy (non-hydrogen) atoms. The van der Waals surface area contributed by atoms with Crippen LogP contribution in [0.4, 0.5) is 4.39 Å². The van der Waals surface area contributed by atoms with Crippen molar-refractivity contribution in [3.05, 3.63) is 76.7 Å². The first kappa shape index (κ1) is 14.9. The number of hydrogen-bond donors (Lipinski definition) is 1. The molecule has 3 nitrogen and oxygen atoms in total. The van der Waals surface area contributed by atoms with E-state index in [4.69, 9.17) is 0 Å². The molecule has 1 N–H and O–H groups in total. The minimum absolute atomic E-state index is 0.0807. The molecule has 1 heterocycles. The van der Waals surface area contributed by atoms with Gasteiger partial charge in [0.25, 0.3) is 5.91 Å². The van der Waals surface area contributed by atoms with Gasteiger partial charge in [-0.25, -0.2) is 4.39 Å². The van der Waals surface area contributed by atoms with Gasteiger partial charge in [0, 0.05) is 23.7 Å². The van der Waals surface area contributed by atoms with Gasteiger partial charge >= 0.3 is 0 Å². The molecule has 0 aromatic heterocycles. The number of aryl methyl sites for hydroxylation is 1. The highest BCUT2D eigenvalue weighted by molar-refractivity contribution is 5.96. The summed E-state index contributed by atoms with van der Waals surface area (Å²) in [6, 6.07) is 11.8. The second-order valence-corrected chi connectivity index (χ2v) is 6.62. The third kappa shape index (κ3) is 2.39. The Morgan fingerprint density at radius 3 is 2.58 bits per heavy atom. The Morgan fingerprint density at radius 1 is 1.21 bits per heavy atom. The Labute approximate surface area is 140 Å². The van der Waals surface area contributed by atoms with Gasteiger partial charge in [0.15, 0.2) is 0 Å². The van der Waals surface area contributed by atoms with Crippen LogP contribution in [-0.2, 0) is 0 Å². The quantitative estimate of drug-likeness (QED) is 0.903. The van der Waals surface area contributed by atoms with Crippen LogP contribution in [0.3, 0.4) is 0 Å². The van der Waals surface area contributed by atoms with Crippen LogP contribution in [0.15, 0.2) is 54.2 Å². The average molecular weight is 323 g/mol. The zero-order valence-electron chi connectivity index (χ0n) is 13.4. The zero-order chi connectivity index (χ0) is 16.8. The normalized spacial score (nSPS) is 21.9. The van der Waals surface area contributed by atoms with Crippen LogP contribution < -0.4 is 0 Å². The average Bonchev–Trinajstić information content (AvgIpc) is 3.18. The molecule has 0 saturated heterocycles. The molecule has 2 aromatic carbocycles. The summed E-state index contributed by atoms with van der Waals surface area (Å²) in [7, 11) is 0. The molecule has 1 fully saturated rings. The molecule has 2 atom stereocenters. The maximum atomic E-state index is 13.1. The lowest BCUT2D eigenvalue weighted by Gasteiger charge is -2.27. The van der Waals surface area contributed by atoms with Crippen LogP contribution in [0.5, 0.6) is 5.75 Å². The lowest BCUT2D eigenvalue weighted by Crippen LogP contribution is -2.33. The van der Waals surface area contributed by atoms with E-state index in [-0.39, 0.29) is 29.4 Å². The number of carbonyl (C=O) groups excluding carboxylic acids is 1. The summed E-state index contributed by atoms with van der Waals surface area (Å²) in [5, 5.41) is 9.82. The van der Waals surface area contributed by atoms with Gasteiger partial charge in [0.2, 0.25) is 0 Å². The van der Waals surface area contributed by atoms with Crippen LogP contribution in [-0.4, -0.2) is 22.0 Å². The van der Waals surface area contributed by atoms with Gasteiger partial charge in [0.05, 0.1) is 0 Å². The Morgan fingerprint density at radius 2 is 1.96 bits per heavy atom. The topological polar surface area (TPSA) is 40.5 Å². The molecule has 122 valence electrons. The third-order valence-electron chi connectivity index (χ3n) is 5.09. The summed E-state index contributed by atoms with van der Waals surface area (Å²) < 4.78 is 13.1. The van der Waals surface area contributed by atoms with E-state index in [1.54, 1.807) is 24.0 Å². The molecule has 1 aliphatic carbocycles. The van der Waals surface area contributed by atoms with Crippen molar-refractivity contribution < 1.29 is 14.3 Å². The number of hydrogen-bond acceptors (Lipinski definition) is 2. The molecule has 0 radical (unpaired) electrons. The maximum Gasteiger partial charge on any atom is 0.258 e. The number of phenols is 1. The molecular weight excluding hydrogens is 305 g/mol. The molecule has 0 spiro atoms. The summed E-state index contributed by atoms with van der Waals surface area (Å²) in [5.74, 6) is 0.0999. The molecule has 4 heteroatoms. The first-order valence-corrected chi connectivity index (χ1v) is 8.11. The first-order valence-electron chi connectivity index (χ1n) is 8.11. The van der Waals surface area contributed by atoms with E-state index < -0.39 is 0 Å². The summed E-state index contributed by atoms with van der Waals surface area (Å²) in [6.07, 6.45) is 3.66. The monoisotopic (exact) mass is 323 g/mol. The largest absolute Gasteiger partial charge is 0.508 e. The fraction of sp³-hybridized carbons (Fsp3) is 0.250. The molecular formula is C20H18FNO2. The summed E-state index contributed by atoms with van der Waals surface area (Å²) >= 11 is 0. The number of amides is 1. The fourth-order valence-electron chi connectivity index (χ4n) is 3.72. The van der Waals surface area contributed by atoms with Crippen LogP contribution in [0.2, 0.25) is 0 Å². The standard InChI is InChI=1S/C20H18FNO2/c1-12-2-3-14(9-19(12)23)20(24)22-11-15-8-17(22)10-18(15)13-4-6-16(21)7-5-13/h2-7,9,11,17-18,23H,8,10H2,1H3/t17-,18-/m1/s1. The van der Waals surface area contributed by atoms with Crippen LogP contribution in [0.1, 0.15) is 40.2 Å². The van der Waals surface area contributed by atoms with E-state index in [1.807, 2.05) is 18.3 Å². The minimum Gasteiger partial charge on any atom is -0.508 e. The van der Waals surface area contributed by atoms with E-state index in [0.29, 0.717) is 5.56 Å². The van der Waals surface area contributed by atoms with Gasteiger partial charge in [-0.1, -0.05) is 18.2 Å². The first-order chi connectivity index (χ1) is 11.5. The van der Waals surface area contributed by atoms with Gasteiger partial charge in [0.1, 0.15) is 11.6 Å². The van der Waals surface area contributed by atoms with Crippen molar-refractivity contribution in [2.45, 2.75) is 31.7 Å². The van der Waals surface area contributed by atoms with Gasteiger partial charge in [-0.05, 0) is 60.7 Å². The van der Waals surface area contributed by atoms with Gasteiger partial charge in [-0.2, -0.15) is 0 Å². The molecule has 1 amide bonds. The van der Waals surface area contributed by atoms with Crippen molar-refractivity contribution in [3.63, 3.8) is 0 Å². The van der Waals surface area contributed by atoms with Crippen LogP contribution in [0.25, 0.3) is 0 Å². The molecule has 2 bridgehead atoms. The third-order valence-corrected chi connectivity index (χ3v) is 5.09. The zero-order valence-corrected chi connectivity index (χ0v) is 13.4. The predicted molar refractivity (Wildman–Crippen MR) is 89.3 cm³/mol. The Balaban J connectivity index is 1.58. The smallest absolute Gasteiger partial charge is 0.258 e. The number of rotatable bonds is 2. The Bertz CT molecular complexity index is 841. The number of aromatic hydroxyl groups is 1. The van der Waals surface area contributed by atoms with Crippen LogP contribution in [0, 0.1) is 12.7 Å². The molecule has 4 rings (SSSR count). The maximum absolute atomic E-state index is 13.1. The lowest BCUT2D eigenvalue weighted by atomic mass is 9.92. The fourth-order valence-corrected chi connectivity index (χ4v) is 3.72. The number of halogens is 1. The van der Waals surface area contributed by atoms with Gasteiger partial charge in [-0.3, -0.25) is 4.79 Å². The molecule has 2 aliphatic rings. The van der Waals surface area contributed by atoms with E-state index in [2.05, 4.69) is 0 Å². The van der Waals surface area contributed by atoms with E-state index in [9.17, 15) is 14.3 Å². The second kappa shape index (κ2) is 5.48. The van der Waals surface area contributed by atoms with Crippen LogP contribution >= 0.6 is 0 Å². The predicted octanol–water partition coefficient (Wildman–Crippen LogP) is 4.13. The molecule has 0 unspecified atom stereocenters. The number of benzene rings is 2. The van der Waals surface area contributed by atoms with Crippen molar-refractivity contribution in [1.29, 1.82) is 0 Å². The highest BCUT2D eigenvalue weighted by Crippen LogP contribution is 2.46. The number of fused-ring (bicyclic) bond motifs is 2. The summed E-state index contributed by atoms with van der Waals surface area (Å²) in [6.45, 7) is 1.80. The second-order valence-electron chi connectivity index (χ2n) is 6.62. The van der Waals surface area contributed by atoms with Crippen molar-refractivity contribution in [1.82, 2.24) is 4.90 Å². The Kier molecular flexibility index (Phi) is 3.41. The van der Waals surface area contributed by atoms with Gasteiger partial charge in [-0.15, -0.1) is 0 Å². The molecule has 1 aliphatic heterocycles. The number of phenolic OH excluding ortho intramolecular Hbond substituents is 1. The van der Waals surface area contributed by atoms with Crippen molar-refractivity contribution in [3.8, 4) is 5.75 Å². The number of carbonyl (C=O) groups is 1.